The van der Waals surface area contributed by atoms with E-state index in [0.717, 1.165) is 12.8 Å². The van der Waals surface area contributed by atoms with E-state index in [9.17, 15) is 18.3 Å². The van der Waals surface area contributed by atoms with Gasteiger partial charge in [0.15, 0.2) is 0 Å². The first-order chi connectivity index (χ1) is 11.9. The molecule has 1 heterocycles. The van der Waals surface area contributed by atoms with Crippen LogP contribution >= 0.6 is 0 Å². The molecule has 1 atom stereocenters. The number of sulfonamides is 1. The van der Waals surface area contributed by atoms with Gasteiger partial charge in [-0.3, -0.25) is 0 Å². The molecule has 8 nitrogen and oxygen atoms in total. The van der Waals surface area contributed by atoms with Gasteiger partial charge in [0.25, 0.3) is 0 Å². The minimum Gasteiger partial charge on any atom is -0.478 e. The van der Waals surface area contributed by atoms with Crippen molar-refractivity contribution in [3.63, 3.8) is 0 Å². The number of carbonyl (C=O) groups is 1. The number of benzene rings is 1. The Balaban J connectivity index is 2.09. The van der Waals surface area contributed by atoms with Crippen molar-refractivity contribution in [1.82, 2.24) is 4.72 Å². The van der Waals surface area contributed by atoms with Crippen LogP contribution in [0, 0.1) is 0 Å². The quantitative estimate of drug-likeness (QED) is 0.530. The highest BCUT2D eigenvalue weighted by Crippen LogP contribution is 2.21. The van der Waals surface area contributed by atoms with Gasteiger partial charge in [0, 0.05) is 39.1 Å². The highest BCUT2D eigenvalue weighted by Gasteiger charge is 2.22. The van der Waals surface area contributed by atoms with Crippen LogP contribution in [0.3, 0.4) is 0 Å². The lowest BCUT2D eigenvalue weighted by Gasteiger charge is -2.14. The number of carboxylic acids is 1. The largest absolute Gasteiger partial charge is 0.478 e. The lowest BCUT2D eigenvalue weighted by Crippen LogP contribution is -2.32. The van der Waals surface area contributed by atoms with Crippen molar-refractivity contribution in [3.05, 3.63) is 23.8 Å². The molecule has 0 spiro atoms. The minimum atomic E-state index is -3.79. The second-order valence-corrected chi connectivity index (χ2v) is 7.54. The predicted molar refractivity (Wildman–Crippen MR) is 92.5 cm³/mol. The lowest BCUT2D eigenvalue weighted by molar-refractivity contribution is 0.0697. The molecule has 1 aliphatic heterocycles. The number of ether oxygens (including phenoxy) is 2. The summed E-state index contributed by atoms with van der Waals surface area (Å²) in [5, 5.41) is 12.3. The minimum absolute atomic E-state index is 0.0784. The first kappa shape index (κ1) is 19.6. The summed E-state index contributed by atoms with van der Waals surface area (Å²) in [5.74, 6) is -1.19. The number of aromatic carboxylic acids is 1. The third-order valence-corrected chi connectivity index (χ3v) is 5.32. The van der Waals surface area contributed by atoms with Crippen LogP contribution in [0.15, 0.2) is 23.1 Å². The summed E-state index contributed by atoms with van der Waals surface area (Å²) < 4.78 is 37.6. The second-order valence-electron chi connectivity index (χ2n) is 5.77. The normalized spacial score (nSPS) is 17.6. The molecule has 0 bridgehead atoms. The fourth-order valence-corrected chi connectivity index (χ4v) is 3.64. The van der Waals surface area contributed by atoms with Gasteiger partial charge < -0.3 is 19.9 Å². The van der Waals surface area contributed by atoms with Gasteiger partial charge in [-0.2, -0.15) is 0 Å². The predicted octanol–water partition coefficient (Wildman–Crippen LogP) is 1.29. The van der Waals surface area contributed by atoms with E-state index in [1.165, 1.54) is 18.2 Å². The zero-order valence-corrected chi connectivity index (χ0v) is 15.0. The van der Waals surface area contributed by atoms with Crippen molar-refractivity contribution in [2.45, 2.75) is 30.3 Å². The van der Waals surface area contributed by atoms with E-state index >= 15 is 0 Å². The molecular weight excluding hydrogens is 348 g/mol. The van der Waals surface area contributed by atoms with Crippen molar-refractivity contribution >= 4 is 21.7 Å². The van der Waals surface area contributed by atoms with E-state index in [1.54, 1.807) is 7.11 Å². The summed E-state index contributed by atoms with van der Waals surface area (Å²) >= 11 is 0. The molecule has 0 aromatic heterocycles. The summed E-state index contributed by atoms with van der Waals surface area (Å²) in [5.41, 5.74) is 0.291. The summed E-state index contributed by atoms with van der Waals surface area (Å²) in [6, 6.07) is 4.03. The summed E-state index contributed by atoms with van der Waals surface area (Å²) in [7, 11) is -2.20. The van der Waals surface area contributed by atoms with Gasteiger partial charge in [0.2, 0.25) is 10.0 Å². The molecular formula is C16H24N2O6S. The zero-order chi connectivity index (χ0) is 18.3. The maximum absolute atomic E-state index is 12.4. The highest BCUT2D eigenvalue weighted by molar-refractivity contribution is 7.89. The highest BCUT2D eigenvalue weighted by atomic mass is 32.2. The lowest BCUT2D eigenvalue weighted by atomic mass is 10.2. The molecule has 1 aliphatic rings. The molecule has 1 saturated heterocycles. The van der Waals surface area contributed by atoms with E-state index in [1.807, 2.05) is 0 Å². The van der Waals surface area contributed by atoms with Crippen LogP contribution in [-0.4, -0.2) is 59.0 Å². The van der Waals surface area contributed by atoms with Gasteiger partial charge in [-0.15, -0.1) is 0 Å². The molecule has 9 heteroatoms. The molecule has 0 saturated carbocycles. The van der Waals surface area contributed by atoms with Crippen LogP contribution in [-0.2, 0) is 19.5 Å². The van der Waals surface area contributed by atoms with Crippen molar-refractivity contribution < 1.29 is 27.8 Å². The van der Waals surface area contributed by atoms with Crippen LogP contribution in [0.5, 0.6) is 0 Å². The molecule has 1 unspecified atom stereocenters. The van der Waals surface area contributed by atoms with Crippen LogP contribution < -0.4 is 10.0 Å². The van der Waals surface area contributed by atoms with Crippen molar-refractivity contribution in [2.24, 2.45) is 0 Å². The Morgan fingerprint density at radius 2 is 2.24 bits per heavy atom. The smallest absolute Gasteiger partial charge is 0.337 e. The Morgan fingerprint density at radius 1 is 1.44 bits per heavy atom. The number of rotatable bonds is 10. The Bertz CT molecular complexity index is 686. The molecule has 0 amide bonds. The van der Waals surface area contributed by atoms with Gasteiger partial charge in [-0.05, 0) is 37.5 Å². The first-order valence-corrected chi connectivity index (χ1v) is 9.64. The van der Waals surface area contributed by atoms with Crippen LogP contribution in [0.1, 0.15) is 29.6 Å². The molecule has 1 aromatic carbocycles. The molecule has 0 aliphatic carbocycles. The number of hydrogen-bond donors (Lipinski definition) is 3. The summed E-state index contributed by atoms with van der Waals surface area (Å²) in [6.45, 7) is 1.90. The average molecular weight is 372 g/mol. The van der Waals surface area contributed by atoms with Crippen LogP contribution in [0.2, 0.25) is 0 Å². The molecule has 0 radical (unpaired) electrons. The van der Waals surface area contributed by atoms with Crippen molar-refractivity contribution in [1.29, 1.82) is 0 Å². The van der Waals surface area contributed by atoms with E-state index in [-0.39, 0.29) is 23.1 Å². The average Bonchev–Trinajstić information content (AvgIpc) is 3.10. The fourth-order valence-electron chi connectivity index (χ4n) is 2.55. The third-order valence-electron chi connectivity index (χ3n) is 3.90. The van der Waals surface area contributed by atoms with Gasteiger partial charge in [0.05, 0.1) is 16.6 Å². The molecule has 140 valence electrons. The Hall–Kier alpha value is -1.68. The van der Waals surface area contributed by atoms with Crippen LogP contribution in [0.25, 0.3) is 0 Å². The van der Waals surface area contributed by atoms with E-state index in [0.29, 0.717) is 31.9 Å². The molecule has 25 heavy (non-hydrogen) atoms. The number of methoxy groups -OCH3 is 1. The van der Waals surface area contributed by atoms with Crippen LogP contribution in [0.4, 0.5) is 5.69 Å². The van der Waals surface area contributed by atoms with E-state index < -0.39 is 16.0 Å². The summed E-state index contributed by atoms with van der Waals surface area (Å²) in [6.07, 6.45) is 2.31. The molecule has 2 rings (SSSR count). The summed E-state index contributed by atoms with van der Waals surface area (Å²) in [4.78, 5) is 11.4. The van der Waals surface area contributed by atoms with E-state index in [2.05, 4.69) is 10.0 Å². The van der Waals surface area contributed by atoms with Gasteiger partial charge in [-0.25, -0.2) is 17.9 Å². The van der Waals surface area contributed by atoms with Gasteiger partial charge >= 0.3 is 5.97 Å². The second kappa shape index (κ2) is 9.14. The fraction of sp³-hybridized carbons (Fsp3) is 0.562. The Labute approximate surface area is 147 Å². The number of anilines is 1. The standard InChI is InChI=1S/C16H24N2O6S/c1-23-8-3-7-17-15-6-5-13(10-14(15)16(19)20)25(21,22)18-11-12-4-2-9-24-12/h5-6,10,12,17-18H,2-4,7-9,11H2,1H3,(H,19,20). The third kappa shape index (κ3) is 5.67. The number of carboxylic acid groups (broad SMARTS) is 1. The first-order valence-electron chi connectivity index (χ1n) is 8.15. The van der Waals surface area contributed by atoms with Crippen molar-refractivity contribution in [3.8, 4) is 0 Å². The van der Waals surface area contributed by atoms with Gasteiger partial charge in [0.1, 0.15) is 0 Å². The number of hydrogen-bond acceptors (Lipinski definition) is 6. The Kier molecular flexibility index (Phi) is 7.18. The van der Waals surface area contributed by atoms with Gasteiger partial charge in [-0.1, -0.05) is 0 Å². The molecule has 1 fully saturated rings. The SMILES string of the molecule is COCCCNc1ccc(S(=O)(=O)NCC2CCCO2)cc1C(=O)O. The topological polar surface area (TPSA) is 114 Å². The number of nitrogens with one attached hydrogen (secondary N) is 2. The maximum Gasteiger partial charge on any atom is 0.337 e. The molecule has 3 N–H and O–H groups in total. The van der Waals surface area contributed by atoms with E-state index in [4.69, 9.17) is 9.47 Å². The maximum atomic E-state index is 12.4. The van der Waals surface area contributed by atoms with Crippen molar-refractivity contribution in [2.75, 3.05) is 38.7 Å². The molecule has 1 aromatic rings. The monoisotopic (exact) mass is 372 g/mol. The zero-order valence-electron chi connectivity index (χ0n) is 14.2. The Morgan fingerprint density at radius 3 is 2.88 bits per heavy atom.